The lowest BCUT2D eigenvalue weighted by Crippen LogP contribution is -2.45. The fourth-order valence-corrected chi connectivity index (χ4v) is 3.98. The molecule has 8 heteroatoms. The van der Waals surface area contributed by atoms with E-state index in [1.807, 2.05) is 36.4 Å². The second kappa shape index (κ2) is 9.24. The molecule has 32 heavy (non-hydrogen) atoms. The molecular weight excluding hydrogens is 426 g/mol. The molecule has 0 atom stereocenters. The molecule has 0 bridgehead atoms. The molecule has 1 aliphatic heterocycles. The van der Waals surface area contributed by atoms with Crippen LogP contribution in [0.4, 0.5) is 0 Å². The van der Waals surface area contributed by atoms with Gasteiger partial charge in [0.1, 0.15) is 0 Å². The zero-order valence-corrected chi connectivity index (χ0v) is 18.6. The SMILES string of the molecule is Cc1ccc(-c2noc(CN3CCN(Cc4ncc(-c5cccc(Cl)c5)o4)CC3)n2)cc1. The highest BCUT2D eigenvalue weighted by Crippen LogP contribution is 2.24. The van der Waals surface area contributed by atoms with Gasteiger partial charge in [0.2, 0.25) is 17.6 Å². The molecule has 0 spiro atoms. The highest BCUT2D eigenvalue weighted by Gasteiger charge is 2.21. The average molecular weight is 450 g/mol. The number of aryl methyl sites for hydroxylation is 1. The van der Waals surface area contributed by atoms with E-state index >= 15 is 0 Å². The first-order chi connectivity index (χ1) is 15.6. The maximum atomic E-state index is 6.08. The third kappa shape index (κ3) is 4.91. The van der Waals surface area contributed by atoms with Crippen molar-refractivity contribution < 1.29 is 8.94 Å². The first-order valence-corrected chi connectivity index (χ1v) is 11.1. The Balaban J connectivity index is 1.13. The molecule has 2 aromatic heterocycles. The molecule has 1 saturated heterocycles. The van der Waals surface area contributed by atoms with Crippen LogP contribution in [0, 0.1) is 6.92 Å². The maximum Gasteiger partial charge on any atom is 0.241 e. The summed E-state index contributed by atoms with van der Waals surface area (Å²) in [5, 5.41) is 4.82. The van der Waals surface area contributed by atoms with Gasteiger partial charge in [0.05, 0.1) is 19.3 Å². The molecule has 0 N–H and O–H groups in total. The maximum absolute atomic E-state index is 6.08. The molecule has 0 aliphatic carbocycles. The Kier molecular flexibility index (Phi) is 6.03. The Morgan fingerprint density at radius 3 is 2.34 bits per heavy atom. The van der Waals surface area contributed by atoms with E-state index in [9.17, 15) is 0 Å². The largest absolute Gasteiger partial charge is 0.439 e. The van der Waals surface area contributed by atoms with Gasteiger partial charge < -0.3 is 8.94 Å². The topological polar surface area (TPSA) is 71.4 Å². The van der Waals surface area contributed by atoms with E-state index in [-0.39, 0.29) is 0 Å². The Bertz CT molecular complexity index is 1180. The minimum atomic E-state index is 0.637. The van der Waals surface area contributed by atoms with Crippen LogP contribution in [0.15, 0.2) is 63.7 Å². The number of nitrogens with zero attached hydrogens (tertiary/aromatic N) is 5. The highest BCUT2D eigenvalue weighted by molar-refractivity contribution is 6.30. The number of oxazole rings is 1. The van der Waals surface area contributed by atoms with Crippen molar-refractivity contribution in [1.29, 1.82) is 0 Å². The fraction of sp³-hybridized carbons (Fsp3) is 0.292. The number of piperazine rings is 1. The van der Waals surface area contributed by atoms with Gasteiger partial charge in [-0.3, -0.25) is 9.80 Å². The standard InChI is InChI=1S/C24H24ClN5O2/c1-17-5-7-18(8-6-17)24-27-23(32-28-24)16-30-11-9-29(10-12-30)15-22-26-14-21(31-22)19-3-2-4-20(25)13-19/h2-8,13-14H,9-12,15-16H2,1H3. The summed E-state index contributed by atoms with van der Waals surface area (Å²) >= 11 is 6.08. The molecule has 4 aromatic rings. The number of halogens is 1. The second-order valence-corrected chi connectivity index (χ2v) is 8.50. The van der Waals surface area contributed by atoms with Gasteiger partial charge in [0.15, 0.2) is 5.76 Å². The Morgan fingerprint density at radius 2 is 1.62 bits per heavy atom. The van der Waals surface area contributed by atoms with Gasteiger partial charge in [-0.15, -0.1) is 0 Å². The van der Waals surface area contributed by atoms with Gasteiger partial charge in [0.25, 0.3) is 0 Å². The molecule has 0 unspecified atom stereocenters. The number of aromatic nitrogens is 3. The summed E-state index contributed by atoms with van der Waals surface area (Å²) in [6, 6.07) is 15.7. The lowest BCUT2D eigenvalue weighted by molar-refractivity contribution is 0.106. The minimum absolute atomic E-state index is 0.637. The van der Waals surface area contributed by atoms with E-state index in [4.69, 9.17) is 20.5 Å². The molecule has 1 fully saturated rings. The van der Waals surface area contributed by atoms with E-state index < -0.39 is 0 Å². The van der Waals surface area contributed by atoms with Crippen molar-refractivity contribution in [3.05, 3.63) is 77.1 Å². The molecule has 3 heterocycles. The van der Waals surface area contributed by atoms with Gasteiger partial charge in [0, 0.05) is 42.3 Å². The summed E-state index contributed by atoms with van der Waals surface area (Å²) < 4.78 is 11.4. The second-order valence-electron chi connectivity index (χ2n) is 8.06. The average Bonchev–Trinajstić information content (AvgIpc) is 3.46. The summed E-state index contributed by atoms with van der Waals surface area (Å²) in [7, 11) is 0. The van der Waals surface area contributed by atoms with E-state index in [2.05, 4.69) is 44.0 Å². The summed E-state index contributed by atoms with van der Waals surface area (Å²) in [4.78, 5) is 13.7. The smallest absolute Gasteiger partial charge is 0.241 e. The number of hydrogen-bond donors (Lipinski definition) is 0. The number of rotatable bonds is 6. The molecule has 5 rings (SSSR count). The lowest BCUT2D eigenvalue weighted by atomic mass is 10.1. The molecule has 7 nitrogen and oxygen atoms in total. The van der Waals surface area contributed by atoms with Gasteiger partial charge in [-0.05, 0) is 19.1 Å². The van der Waals surface area contributed by atoms with E-state index in [0.29, 0.717) is 35.7 Å². The van der Waals surface area contributed by atoms with Crippen LogP contribution in [0.3, 0.4) is 0 Å². The predicted octanol–water partition coefficient (Wildman–Crippen LogP) is 4.67. The van der Waals surface area contributed by atoms with Crippen molar-refractivity contribution in [2.75, 3.05) is 26.2 Å². The van der Waals surface area contributed by atoms with Gasteiger partial charge in [-0.1, -0.05) is 58.7 Å². The molecule has 0 saturated carbocycles. The van der Waals surface area contributed by atoms with Crippen LogP contribution >= 0.6 is 11.6 Å². The zero-order valence-electron chi connectivity index (χ0n) is 17.9. The van der Waals surface area contributed by atoms with E-state index in [1.54, 1.807) is 6.20 Å². The predicted molar refractivity (Wildman–Crippen MR) is 122 cm³/mol. The normalized spacial score (nSPS) is 15.3. The molecule has 164 valence electrons. The summed E-state index contributed by atoms with van der Waals surface area (Å²) in [5.74, 6) is 2.74. The number of benzene rings is 2. The van der Waals surface area contributed by atoms with Crippen LogP contribution < -0.4 is 0 Å². The summed E-state index contributed by atoms with van der Waals surface area (Å²) in [5.41, 5.74) is 3.12. The van der Waals surface area contributed by atoms with E-state index in [0.717, 1.165) is 43.1 Å². The van der Waals surface area contributed by atoms with Crippen molar-refractivity contribution in [3.63, 3.8) is 0 Å². The van der Waals surface area contributed by atoms with Crippen molar-refractivity contribution >= 4 is 11.6 Å². The number of hydrogen-bond acceptors (Lipinski definition) is 7. The van der Waals surface area contributed by atoms with Crippen LogP contribution in [0.2, 0.25) is 5.02 Å². The van der Waals surface area contributed by atoms with Crippen LogP contribution in [-0.2, 0) is 13.1 Å². The molecule has 0 radical (unpaired) electrons. The molecular formula is C24H24ClN5O2. The van der Waals surface area contributed by atoms with Crippen molar-refractivity contribution in [3.8, 4) is 22.7 Å². The Hall–Kier alpha value is -3.00. The van der Waals surface area contributed by atoms with Crippen molar-refractivity contribution in [2.45, 2.75) is 20.0 Å². The van der Waals surface area contributed by atoms with Crippen molar-refractivity contribution in [2.24, 2.45) is 0 Å². The van der Waals surface area contributed by atoms with E-state index in [1.165, 1.54) is 5.56 Å². The fourth-order valence-electron chi connectivity index (χ4n) is 3.79. The highest BCUT2D eigenvalue weighted by atomic mass is 35.5. The van der Waals surface area contributed by atoms with Crippen LogP contribution in [0.5, 0.6) is 0 Å². The molecule has 2 aromatic carbocycles. The first-order valence-electron chi connectivity index (χ1n) is 10.7. The Labute approximate surface area is 191 Å². The van der Waals surface area contributed by atoms with Crippen LogP contribution in [0.25, 0.3) is 22.7 Å². The Morgan fingerprint density at radius 1 is 0.906 bits per heavy atom. The third-order valence-corrected chi connectivity index (χ3v) is 5.86. The molecule has 0 amide bonds. The van der Waals surface area contributed by atoms with Crippen molar-refractivity contribution in [1.82, 2.24) is 24.9 Å². The zero-order chi connectivity index (χ0) is 21.9. The van der Waals surface area contributed by atoms with Crippen LogP contribution in [-0.4, -0.2) is 51.1 Å². The van der Waals surface area contributed by atoms with Gasteiger partial charge in [-0.25, -0.2) is 4.98 Å². The summed E-state index contributed by atoms with van der Waals surface area (Å²) in [6.07, 6.45) is 1.76. The molecule has 1 aliphatic rings. The minimum Gasteiger partial charge on any atom is -0.439 e. The lowest BCUT2D eigenvalue weighted by Gasteiger charge is -2.33. The quantitative estimate of drug-likeness (QED) is 0.423. The first kappa shape index (κ1) is 20.9. The van der Waals surface area contributed by atoms with Gasteiger partial charge in [-0.2, -0.15) is 4.98 Å². The third-order valence-electron chi connectivity index (χ3n) is 5.62. The monoisotopic (exact) mass is 449 g/mol. The summed E-state index contributed by atoms with van der Waals surface area (Å²) in [6.45, 7) is 7.10. The van der Waals surface area contributed by atoms with Crippen LogP contribution in [0.1, 0.15) is 17.3 Å². The van der Waals surface area contributed by atoms with Gasteiger partial charge >= 0.3 is 0 Å².